The van der Waals surface area contributed by atoms with Gasteiger partial charge in [-0.05, 0) is 52.6 Å². The first-order valence-corrected chi connectivity index (χ1v) is 19.3. The molecule has 3 heterocycles. The molecular formula is C49H32N4OS. The fourth-order valence-corrected chi connectivity index (χ4v) is 9.40. The number of furan rings is 1. The van der Waals surface area contributed by atoms with Gasteiger partial charge >= 0.3 is 0 Å². The van der Waals surface area contributed by atoms with Crippen LogP contribution in [0.2, 0.25) is 0 Å². The zero-order valence-corrected chi connectivity index (χ0v) is 30.9. The molecule has 0 bridgehead atoms. The Kier molecular flexibility index (Phi) is 7.00. The molecule has 0 N–H and O–H groups in total. The monoisotopic (exact) mass is 724 g/mol. The molecule has 0 saturated carbocycles. The second-order valence-corrected chi connectivity index (χ2v) is 15.6. The molecule has 6 heteroatoms. The third-order valence-electron chi connectivity index (χ3n) is 11.0. The van der Waals surface area contributed by atoms with Gasteiger partial charge in [0.05, 0.1) is 10.2 Å². The molecule has 7 aromatic carbocycles. The van der Waals surface area contributed by atoms with Gasteiger partial charge in [-0.2, -0.15) is 0 Å². The smallest absolute Gasteiger partial charge is 0.164 e. The molecule has 0 atom stereocenters. The number of rotatable bonds is 5. The Morgan fingerprint density at radius 3 is 1.80 bits per heavy atom. The third-order valence-corrected chi connectivity index (χ3v) is 12.1. The molecule has 0 unspecified atom stereocenters. The van der Waals surface area contributed by atoms with Gasteiger partial charge < -0.3 is 4.42 Å². The van der Waals surface area contributed by atoms with Gasteiger partial charge in [0.15, 0.2) is 17.5 Å². The average molecular weight is 725 g/mol. The molecule has 0 spiro atoms. The molecule has 55 heavy (non-hydrogen) atoms. The van der Waals surface area contributed by atoms with Crippen LogP contribution < -0.4 is 0 Å². The lowest BCUT2D eigenvalue weighted by atomic mass is 9.82. The summed E-state index contributed by atoms with van der Waals surface area (Å²) in [6.07, 6.45) is 0. The largest absolute Gasteiger partial charge is 0.455 e. The Morgan fingerprint density at radius 2 is 1.09 bits per heavy atom. The van der Waals surface area contributed by atoms with Gasteiger partial charge in [-0.3, -0.25) is 0 Å². The zero-order valence-electron chi connectivity index (χ0n) is 30.1. The van der Waals surface area contributed by atoms with Crippen molar-refractivity contribution in [1.29, 1.82) is 0 Å². The van der Waals surface area contributed by atoms with E-state index in [1.807, 2.05) is 78.9 Å². The topological polar surface area (TPSA) is 64.7 Å². The summed E-state index contributed by atoms with van der Waals surface area (Å²) in [5, 5.41) is 3.04. The van der Waals surface area contributed by atoms with Gasteiger partial charge in [0.25, 0.3) is 0 Å². The van der Waals surface area contributed by atoms with Gasteiger partial charge in [0, 0.05) is 49.6 Å². The fourth-order valence-electron chi connectivity index (χ4n) is 8.26. The number of hydrogen-bond acceptors (Lipinski definition) is 6. The molecule has 5 nitrogen and oxygen atoms in total. The number of aromatic nitrogens is 4. The predicted molar refractivity (Wildman–Crippen MR) is 225 cm³/mol. The van der Waals surface area contributed by atoms with Crippen LogP contribution in [0, 0.1) is 0 Å². The molecule has 0 fully saturated rings. The summed E-state index contributed by atoms with van der Waals surface area (Å²) in [5.74, 6) is 1.85. The maximum atomic E-state index is 6.80. The molecule has 0 radical (unpaired) electrons. The number of fused-ring (bicyclic) bond motifs is 8. The Labute approximate surface area is 321 Å². The molecule has 10 aromatic rings. The maximum Gasteiger partial charge on any atom is 0.164 e. The Hall–Kier alpha value is -6.76. The highest BCUT2D eigenvalue weighted by atomic mass is 32.1. The summed E-state index contributed by atoms with van der Waals surface area (Å²) in [6, 6.07) is 54.6. The number of benzene rings is 7. The van der Waals surface area contributed by atoms with Crippen molar-refractivity contribution >= 4 is 43.5 Å². The first-order chi connectivity index (χ1) is 27.0. The molecule has 0 saturated heterocycles. The quantitative estimate of drug-likeness (QED) is 0.177. The molecule has 0 amide bonds. The average Bonchev–Trinajstić information content (AvgIpc) is 3.92. The van der Waals surface area contributed by atoms with Crippen LogP contribution in [0.15, 0.2) is 162 Å². The van der Waals surface area contributed by atoms with E-state index in [2.05, 4.69) is 92.7 Å². The Balaban J connectivity index is 1.12. The lowest BCUT2D eigenvalue weighted by Gasteiger charge is -2.21. The number of hydrogen-bond donors (Lipinski definition) is 0. The van der Waals surface area contributed by atoms with Gasteiger partial charge in [0.2, 0.25) is 0 Å². The van der Waals surface area contributed by atoms with Crippen molar-refractivity contribution in [3.63, 3.8) is 0 Å². The van der Waals surface area contributed by atoms with Crippen molar-refractivity contribution in [2.75, 3.05) is 0 Å². The lowest BCUT2D eigenvalue weighted by Crippen LogP contribution is -2.14. The van der Waals surface area contributed by atoms with Crippen LogP contribution in [0.1, 0.15) is 25.0 Å². The maximum absolute atomic E-state index is 6.80. The molecule has 3 aromatic heterocycles. The van der Waals surface area contributed by atoms with Crippen LogP contribution in [0.5, 0.6) is 0 Å². The van der Waals surface area contributed by atoms with E-state index in [0.29, 0.717) is 17.5 Å². The van der Waals surface area contributed by atoms with E-state index < -0.39 is 0 Å². The van der Waals surface area contributed by atoms with E-state index in [1.165, 1.54) is 27.0 Å². The highest BCUT2D eigenvalue weighted by molar-refractivity contribution is 7.22. The summed E-state index contributed by atoms with van der Waals surface area (Å²) in [5.41, 5.74) is 13.7. The lowest BCUT2D eigenvalue weighted by molar-refractivity contribution is 0.661. The van der Waals surface area contributed by atoms with E-state index in [1.54, 1.807) is 11.3 Å². The van der Waals surface area contributed by atoms with Crippen molar-refractivity contribution in [3.8, 4) is 67.0 Å². The van der Waals surface area contributed by atoms with Crippen LogP contribution in [0.25, 0.3) is 99.1 Å². The van der Waals surface area contributed by atoms with Crippen molar-refractivity contribution in [1.82, 2.24) is 19.9 Å². The number of nitrogens with zero attached hydrogens (tertiary/aromatic N) is 4. The van der Waals surface area contributed by atoms with E-state index in [-0.39, 0.29) is 5.41 Å². The summed E-state index contributed by atoms with van der Waals surface area (Å²) >= 11 is 1.78. The van der Waals surface area contributed by atoms with Gasteiger partial charge in [0.1, 0.15) is 16.2 Å². The minimum absolute atomic E-state index is 0.154. The standard InChI is InChI=1S/C49H32N4OS/c1-49(2)37-25-22-32(28-36(37)42-38(49)26-27-39-44(42)55-48(50-39)31-18-10-5-11-19-31)33-23-24-35(41-34-20-12-13-21-40(34)54-43(33)41)47-52-45(29-14-6-3-7-15-29)51-46(53-47)30-16-8-4-9-17-30/h3-28H,1-2H3. The minimum atomic E-state index is -0.154. The van der Waals surface area contributed by atoms with E-state index in [9.17, 15) is 0 Å². The van der Waals surface area contributed by atoms with E-state index >= 15 is 0 Å². The van der Waals surface area contributed by atoms with Gasteiger partial charge in [-0.15, -0.1) is 11.3 Å². The Morgan fingerprint density at radius 1 is 0.491 bits per heavy atom. The van der Waals surface area contributed by atoms with Crippen molar-refractivity contribution in [2.24, 2.45) is 0 Å². The molecule has 260 valence electrons. The molecule has 1 aliphatic carbocycles. The first-order valence-electron chi connectivity index (χ1n) is 18.5. The summed E-state index contributed by atoms with van der Waals surface area (Å²) in [7, 11) is 0. The second kappa shape index (κ2) is 12.1. The summed E-state index contributed by atoms with van der Waals surface area (Å²) in [4.78, 5) is 20.3. The second-order valence-electron chi connectivity index (χ2n) is 14.6. The highest BCUT2D eigenvalue weighted by Crippen LogP contribution is 2.54. The van der Waals surface area contributed by atoms with Crippen LogP contribution in [0.3, 0.4) is 0 Å². The minimum Gasteiger partial charge on any atom is -0.455 e. The van der Waals surface area contributed by atoms with Crippen LogP contribution in [0.4, 0.5) is 0 Å². The summed E-state index contributed by atoms with van der Waals surface area (Å²) < 4.78 is 8.03. The van der Waals surface area contributed by atoms with Crippen molar-refractivity contribution in [2.45, 2.75) is 19.3 Å². The molecule has 11 rings (SSSR count). The van der Waals surface area contributed by atoms with Crippen molar-refractivity contribution < 1.29 is 4.42 Å². The van der Waals surface area contributed by atoms with Crippen LogP contribution >= 0.6 is 11.3 Å². The molecular weight excluding hydrogens is 693 g/mol. The fraction of sp³-hybridized carbons (Fsp3) is 0.0612. The predicted octanol–water partition coefficient (Wildman–Crippen LogP) is 13.0. The summed E-state index contributed by atoms with van der Waals surface area (Å²) in [6.45, 7) is 4.66. The van der Waals surface area contributed by atoms with Gasteiger partial charge in [-0.1, -0.05) is 141 Å². The highest BCUT2D eigenvalue weighted by Gasteiger charge is 2.37. The van der Waals surface area contributed by atoms with Crippen molar-refractivity contribution in [3.05, 3.63) is 169 Å². The first kappa shape index (κ1) is 31.7. The van der Waals surface area contributed by atoms with Crippen LogP contribution in [-0.4, -0.2) is 19.9 Å². The third kappa shape index (κ3) is 4.99. The van der Waals surface area contributed by atoms with Gasteiger partial charge in [-0.25, -0.2) is 19.9 Å². The number of para-hydroxylation sites is 1. The number of thiazole rings is 1. The zero-order chi connectivity index (χ0) is 36.7. The molecule has 0 aliphatic heterocycles. The molecule has 1 aliphatic rings. The Bertz CT molecular complexity index is 3050. The van der Waals surface area contributed by atoms with E-state index in [0.717, 1.165) is 65.8 Å². The van der Waals surface area contributed by atoms with Crippen LogP contribution in [-0.2, 0) is 5.41 Å². The van der Waals surface area contributed by atoms with E-state index in [4.69, 9.17) is 24.4 Å². The SMILES string of the molecule is CC1(C)c2ccc(-c3ccc(-c4nc(-c5ccccc5)nc(-c5ccccc5)n4)c4c3oc3ccccc34)cc2-c2c1ccc1nc(-c3ccccc3)sc21. The normalized spacial score (nSPS) is 13.1.